The highest BCUT2D eigenvalue weighted by atomic mass is 16.5. The lowest BCUT2D eigenvalue weighted by Crippen LogP contribution is -2.09. The van der Waals surface area contributed by atoms with Crippen molar-refractivity contribution in [2.75, 3.05) is 0 Å². The molecule has 0 aliphatic heterocycles. The predicted molar refractivity (Wildman–Crippen MR) is 125 cm³/mol. The van der Waals surface area contributed by atoms with Crippen LogP contribution in [0.1, 0.15) is 38.2 Å². The van der Waals surface area contributed by atoms with E-state index in [2.05, 4.69) is 4.98 Å². The summed E-state index contributed by atoms with van der Waals surface area (Å²) in [6.07, 6.45) is 1.76. The average molecular weight is 431 g/mol. The van der Waals surface area contributed by atoms with E-state index >= 15 is 0 Å². The molecule has 0 fully saturated rings. The normalized spacial score (nSPS) is 11.3. The van der Waals surface area contributed by atoms with Crippen LogP contribution >= 0.6 is 0 Å². The van der Waals surface area contributed by atoms with E-state index in [4.69, 9.17) is 9.47 Å². The van der Waals surface area contributed by atoms with Crippen LogP contribution in [0.3, 0.4) is 0 Å². The van der Waals surface area contributed by atoms with Gasteiger partial charge in [0.2, 0.25) is 5.88 Å². The Kier molecular flexibility index (Phi) is 5.86. The first-order chi connectivity index (χ1) is 15.3. The molecule has 4 aromatic rings. The summed E-state index contributed by atoms with van der Waals surface area (Å²) in [5.41, 5.74) is 3.67. The molecule has 2 aromatic heterocycles. The summed E-state index contributed by atoms with van der Waals surface area (Å²) in [6, 6.07) is 19.1. The molecule has 0 atom stereocenters. The van der Waals surface area contributed by atoms with Crippen molar-refractivity contribution in [1.29, 1.82) is 0 Å². The van der Waals surface area contributed by atoms with Gasteiger partial charge in [-0.25, -0.2) is 9.78 Å². The van der Waals surface area contributed by atoms with Gasteiger partial charge >= 0.3 is 5.97 Å². The van der Waals surface area contributed by atoms with E-state index in [0.29, 0.717) is 11.6 Å². The Morgan fingerprint density at radius 3 is 2.16 bits per heavy atom. The van der Waals surface area contributed by atoms with Gasteiger partial charge in [-0.3, -0.25) is 0 Å². The molecule has 0 bridgehead atoms. The Morgan fingerprint density at radius 1 is 0.875 bits per heavy atom. The predicted octanol–water partition coefficient (Wildman–Crippen LogP) is 5.97. The van der Waals surface area contributed by atoms with Crippen molar-refractivity contribution in [1.82, 2.24) is 9.55 Å². The quantitative estimate of drug-likeness (QED) is 0.391. The van der Waals surface area contributed by atoms with Crippen LogP contribution in [0.15, 0.2) is 66.9 Å². The number of aromatic carboxylic acids is 1. The van der Waals surface area contributed by atoms with Crippen LogP contribution in [0.4, 0.5) is 0 Å². The summed E-state index contributed by atoms with van der Waals surface area (Å²) in [6.45, 7) is 7.85. The Labute approximate surface area is 187 Å². The lowest BCUT2D eigenvalue weighted by atomic mass is 10.0. The number of aromatic nitrogens is 2. The van der Waals surface area contributed by atoms with Crippen LogP contribution < -0.4 is 9.47 Å². The summed E-state index contributed by atoms with van der Waals surface area (Å²) in [5, 5.41) is 10.6. The molecule has 164 valence electrons. The fourth-order valence-corrected chi connectivity index (χ4v) is 3.64. The van der Waals surface area contributed by atoms with Gasteiger partial charge in [0, 0.05) is 11.5 Å². The first-order valence-corrected chi connectivity index (χ1v) is 10.6. The molecule has 0 saturated heterocycles. The Hall–Kier alpha value is -3.80. The van der Waals surface area contributed by atoms with Crippen molar-refractivity contribution in [3.05, 3.63) is 72.6 Å². The van der Waals surface area contributed by atoms with Gasteiger partial charge in [0.25, 0.3) is 0 Å². The zero-order chi connectivity index (χ0) is 22.8. The number of carboxylic acid groups (broad SMARTS) is 1. The van der Waals surface area contributed by atoms with Gasteiger partial charge in [-0.15, -0.1) is 0 Å². The van der Waals surface area contributed by atoms with Gasteiger partial charge in [-0.05, 0) is 75.2 Å². The number of rotatable bonds is 7. The number of hydrogen-bond donors (Lipinski definition) is 1. The van der Waals surface area contributed by atoms with Crippen LogP contribution in [-0.4, -0.2) is 32.8 Å². The number of fused-ring (bicyclic) bond motifs is 1. The molecule has 0 aliphatic carbocycles. The molecule has 0 radical (unpaired) electrons. The summed E-state index contributed by atoms with van der Waals surface area (Å²) in [5.74, 6) is 0.325. The van der Waals surface area contributed by atoms with Gasteiger partial charge in [0.15, 0.2) is 0 Å². The van der Waals surface area contributed by atoms with Crippen molar-refractivity contribution in [3.8, 4) is 28.4 Å². The van der Waals surface area contributed by atoms with Crippen molar-refractivity contribution in [2.45, 2.75) is 39.9 Å². The second kappa shape index (κ2) is 8.75. The smallest absolute Gasteiger partial charge is 0.352 e. The Bertz CT molecular complexity index is 1240. The van der Waals surface area contributed by atoms with Crippen molar-refractivity contribution >= 4 is 16.9 Å². The second-order valence-corrected chi connectivity index (χ2v) is 8.16. The fourth-order valence-electron chi connectivity index (χ4n) is 3.64. The van der Waals surface area contributed by atoms with Crippen molar-refractivity contribution in [3.63, 3.8) is 0 Å². The zero-order valence-corrected chi connectivity index (χ0v) is 18.6. The average Bonchev–Trinajstić information content (AvgIpc) is 3.13. The molecule has 32 heavy (non-hydrogen) atoms. The highest BCUT2D eigenvalue weighted by Gasteiger charge is 2.17. The number of ether oxygens (including phenoxy) is 2. The maximum atomic E-state index is 12.0. The molecule has 2 aromatic carbocycles. The summed E-state index contributed by atoms with van der Waals surface area (Å²) in [7, 11) is 0. The van der Waals surface area contributed by atoms with Crippen LogP contribution in [0.25, 0.3) is 27.7 Å². The Balaban J connectivity index is 1.73. The summed E-state index contributed by atoms with van der Waals surface area (Å²) >= 11 is 0. The molecule has 0 aliphatic rings. The Morgan fingerprint density at radius 2 is 1.56 bits per heavy atom. The van der Waals surface area contributed by atoms with Gasteiger partial charge < -0.3 is 19.1 Å². The van der Waals surface area contributed by atoms with Crippen LogP contribution in [0.2, 0.25) is 0 Å². The molecule has 0 amide bonds. The van der Waals surface area contributed by atoms with E-state index in [0.717, 1.165) is 27.8 Å². The highest BCUT2D eigenvalue weighted by molar-refractivity contribution is 5.97. The summed E-state index contributed by atoms with van der Waals surface area (Å²) < 4.78 is 13.0. The molecule has 4 rings (SSSR count). The first-order valence-electron chi connectivity index (χ1n) is 10.6. The molecule has 1 N–H and O–H groups in total. The van der Waals surface area contributed by atoms with E-state index < -0.39 is 5.97 Å². The fraction of sp³-hybridized carbons (Fsp3) is 0.231. The van der Waals surface area contributed by atoms with E-state index in [9.17, 15) is 9.90 Å². The minimum Gasteiger partial charge on any atom is -0.491 e. The number of pyridine rings is 1. The molecular formula is C26H26N2O4. The molecule has 6 nitrogen and oxygen atoms in total. The lowest BCUT2D eigenvalue weighted by Gasteiger charge is -2.12. The van der Waals surface area contributed by atoms with Gasteiger partial charge in [0.05, 0.1) is 29.6 Å². The largest absolute Gasteiger partial charge is 0.491 e. The molecular weight excluding hydrogens is 404 g/mol. The molecule has 0 saturated carbocycles. The number of hydrogen-bond acceptors (Lipinski definition) is 4. The van der Waals surface area contributed by atoms with E-state index in [1.807, 2.05) is 76.2 Å². The number of nitrogens with zero attached hydrogens (tertiary/aromatic N) is 2. The van der Waals surface area contributed by atoms with E-state index in [1.165, 1.54) is 0 Å². The summed E-state index contributed by atoms with van der Waals surface area (Å²) in [4.78, 5) is 16.3. The SMILES string of the molecule is CC(C)Oc1ccc(-c2ccc3c(c2)cc(C(=O)O)n3-c2ccc(OC(C)C)nc2)cc1. The molecule has 6 heteroatoms. The zero-order valence-electron chi connectivity index (χ0n) is 18.6. The van der Waals surface area contributed by atoms with E-state index in [-0.39, 0.29) is 17.9 Å². The maximum Gasteiger partial charge on any atom is 0.352 e. The minimum absolute atomic E-state index is 0.0137. The van der Waals surface area contributed by atoms with Crippen molar-refractivity contribution in [2.24, 2.45) is 0 Å². The standard InChI is InChI=1S/C26H26N2O4/c1-16(2)31-22-9-5-18(6-10-22)19-7-11-23-20(13-19)14-24(26(29)30)28(23)21-8-12-25(27-15-21)32-17(3)4/h5-17H,1-4H3,(H,29,30). The second-order valence-electron chi connectivity index (χ2n) is 8.16. The minimum atomic E-state index is -1.000. The van der Waals surface area contributed by atoms with Crippen LogP contribution in [-0.2, 0) is 0 Å². The van der Waals surface area contributed by atoms with Gasteiger partial charge in [0.1, 0.15) is 11.4 Å². The lowest BCUT2D eigenvalue weighted by molar-refractivity contribution is 0.0688. The number of carbonyl (C=O) groups is 1. The van der Waals surface area contributed by atoms with Gasteiger partial charge in [-0.1, -0.05) is 18.2 Å². The molecule has 0 unspecified atom stereocenters. The van der Waals surface area contributed by atoms with E-state index in [1.54, 1.807) is 22.9 Å². The molecule has 2 heterocycles. The maximum absolute atomic E-state index is 12.0. The highest BCUT2D eigenvalue weighted by Crippen LogP contribution is 2.30. The van der Waals surface area contributed by atoms with Crippen LogP contribution in [0.5, 0.6) is 11.6 Å². The molecule has 0 spiro atoms. The number of benzene rings is 2. The first kappa shape index (κ1) is 21.4. The third-order valence-electron chi connectivity index (χ3n) is 4.92. The van der Waals surface area contributed by atoms with Crippen LogP contribution in [0, 0.1) is 0 Å². The topological polar surface area (TPSA) is 73.6 Å². The van der Waals surface area contributed by atoms with Crippen molar-refractivity contribution < 1.29 is 19.4 Å². The monoisotopic (exact) mass is 430 g/mol. The third kappa shape index (κ3) is 4.44. The number of carboxylic acids is 1. The third-order valence-corrected chi connectivity index (χ3v) is 4.92. The van der Waals surface area contributed by atoms with Gasteiger partial charge in [-0.2, -0.15) is 0 Å².